The topological polar surface area (TPSA) is 237 Å². The van der Waals surface area contributed by atoms with Gasteiger partial charge < -0.3 is 33.8 Å². The highest BCUT2D eigenvalue weighted by Gasteiger charge is 2.30. The predicted molar refractivity (Wildman–Crippen MR) is 363 cm³/mol. The van der Waals surface area contributed by atoms with Crippen molar-refractivity contribution in [3.8, 4) is 0 Å². The summed E-state index contributed by atoms with van der Waals surface area (Å²) >= 11 is 0. The number of rotatable bonds is 69. The number of carbonyl (C=O) groups excluding carboxylic acids is 4. The van der Waals surface area contributed by atoms with Gasteiger partial charge in [-0.05, 0) is 43.4 Å². The average Bonchev–Trinajstić information content (AvgIpc) is 3.69. The van der Waals surface area contributed by atoms with Crippen LogP contribution in [0, 0.1) is 17.8 Å². The standard InChI is InChI=1S/C71H138O17P2/c1-8-12-13-14-15-16-17-18-19-20-21-22-23-24-25-26-27-28-40-47-54-70(75)87-66(58-81-68(73)52-45-38-32-29-35-42-49-62(5)9-2)60-85-89(77,78)83-56-65(72)57-84-90(79,80)86-61-67(88-71(76)55-48-41-34-31-37-44-51-64(7)11-4)59-82-69(74)53-46-39-33-30-36-43-50-63(6)10-3/h62-67,72H,8-61H2,1-7H3,(H,77,78)(H,79,80)/t62?,63?,64?,65-,66-,67-/m1/s1. The van der Waals surface area contributed by atoms with Gasteiger partial charge in [0, 0.05) is 25.7 Å². The van der Waals surface area contributed by atoms with Crippen LogP contribution in [-0.4, -0.2) is 96.7 Å². The lowest BCUT2D eigenvalue weighted by Crippen LogP contribution is -2.30. The molecule has 8 atom stereocenters. The molecular formula is C71H138O17P2. The molecule has 17 nitrogen and oxygen atoms in total. The highest BCUT2D eigenvalue weighted by atomic mass is 31.2. The first-order valence-corrected chi connectivity index (χ1v) is 40.0. The van der Waals surface area contributed by atoms with Crippen molar-refractivity contribution < 1.29 is 80.2 Å². The van der Waals surface area contributed by atoms with E-state index in [1.54, 1.807) is 0 Å². The molecule has 0 aliphatic rings. The number of phosphoric ester groups is 2. The van der Waals surface area contributed by atoms with E-state index in [2.05, 4.69) is 48.5 Å². The molecule has 0 aliphatic heterocycles. The molecule has 90 heavy (non-hydrogen) atoms. The summed E-state index contributed by atoms with van der Waals surface area (Å²) in [6.45, 7) is 11.7. The lowest BCUT2D eigenvalue weighted by Gasteiger charge is -2.21. The molecule has 0 spiro atoms. The van der Waals surface area contributed by atoms with Gasteiger partial charge in [-0.25, -0.2) is 9.13 Å². The zero-order valence-corrected chi connectivity index (χ0v) is 60.4. The number of hydrogen-bond donors (Lipinski definition) is 3. The molecule has 0 aromatic heterocycles. The fourth-order valence-electron chi connectivity index (χ4n) is 10.6. The van der Waals surface area contributed by atoms with Gasteiger partial charge in [-0.2, -0.15) is 0 Å². The number of unbranched alkanes of at least 4 members (excludes halogenated alkanes) is 34. The number of esters is 4. The number of hydrogen-bond acceptors (Lipinski definition) is 15. The molecule has 0 saturated heterocycles. The number of aliphatic hydroxyl groups excluding tert-OH is 1. The van der Waals surface area contributed by atoms with E-state index >= 15 is 0 Å². The van der Waals surface area contributed by atoms with Crippen molar-refractivity contribution in [2.24, 2.45) is 17.8 Å². The highest BCUT2D eigenvalue weighted by Crippen LogP contribution is 2.45. The normalized spacial score (nSPS) is 15.1. The molecule has 0 radical (unpaired) electrons. The second kappa shape index (κ2) is 61.9. The summed E-state index contributed by atoms with van der Waals surface area (Å²) in [7, 11) is -9.90. The van der Waals surface area contributed by atoms with Gasteiger partial charge in [-0.15, -0.1) is 0 Å². The van der Waals surface area contributed by atoms with Crippen molar-refractivity contribution in [3.63, 3.8) is 0 Å². The highest BCUT2D eigenvalue weighted by molar-refractivity contribution is 7.47. The van der Waals surface area contributed by atoms with Crippen LogP contribution in [0.25, 0.3) is 0 Å². The number of ether oxygens (including phenoxy) is 4. The van der Waals surface area contributed by atoms with Crippen LogP contribution in [0.15, 0.2) is 0 Å². The second-order valence-electron chi connectivity index (χ2n) is 26.4. The summed E-state index contributed by atoms with van der Waals surface area (Å²) < 4.78 is 68.2. The summed E-state index contributed by atoms with van der Waals surface area (Å²) in [5, 5.41) is 10.6. The van der Waals surface area contributed by atoms with Gasteiger partial charge in [-0.1, -0.05) is 305 Å². The summed E-state index contributed by atoms with van der Waals surface area (Å²) in [6, 6.07) is 0. The van der Waals surface area contributed by atoms with E-state index in [1.807, 2.05) is 0 Å². The maximum atomic E-state index is 13.0. The summed E-state index contributed by atoms with van der Waals surface area (Å²) in [5.41, 5.74) is 0. The minimum atomic E-state index is -4.95. The molecule has 0 aliphatic carbocycles. The fraction of sp³-hybridized carbons (Fsp3) is 0.944. The van der Waals surface area contributed by atoms with E-state index in [1.165, 1.54) is 154 Å². The molecule has 0 saturated carbocycles. The Balaban J connectivity index is 5.18. The van der Waals surface area contributed by atoms with Crippen molar-refractivity contribution >= 4 is 39.5 Å². The van der Waals surface area contributed by atoms with E-state index in [4.69, 9.17) is 37.0 Å². The van der Waals surface area contributed by atoms with Crippen molar-refractivity contribution in [3.05, 3.63) is 0 Å². The summed E-state index contributed by atoms with van der Waals surface area (Å²) in [5.74, 6) is 0.0497. The number of carbonyl (C=O) groups is 4. The average molecular weight is 1330 g/mol. The minimum Gasteiger partial charge on any atom is -0.462 e. The first-order chi connectivity index (χ1) is 43.3. The van der Waals surface area contributed by atoms with Crippen molar-refractivity contribution in [1.29, 1.82) is 0 Å². The van der Waals surface area contributed by atoms with Gasteiger partial charge in [0.05, 0.1) is 26.4 Å². The van der Waals surface area contributed by atoms with Crippen LogP contribution in [0.3, 0.4) is 0 Å². The molecule has 0 rings (SSSR count). The van der Waals surface area contributed by atoms with E-state index < -0.39 is 97.5 Å². The quantitative estimate of drug-likeness (QED) is 0.0222. The Labute approximate surface area is 549 Å². The molecule has 0 aromatic carbocycles. The van der Waals surface area contributed by atoms with Gasteiger partial charge in [0.25, 0.3) is 0 Å². The van der Waals surface area contributed by atoms with Crippen molar-refractivity contribution in [1.82, 2.24) is 0 Å². The van der Waals surface area contributed by atoms with E-state index in [-0.39, 0.29) is 25.7 Å². The molecule has 0 heterocycles. The van der Waals surface area contributed by atoms with Gasteiger partial charge in [0.2, 0.25) is 0 Å². The van der Waals surface area contributed by atoms with E-state index in [0.717, 1.165) is 120 Å². The molecule has 0 aromatic rings. The lowest BCUT2D eigenvalue weighted by atomic mass is 10.00. The first-order valence-electron chi connectivity index (χ1n) is 37.0. The number of phosphoric acid groups is 2. The van der Waals surface area contributed by atoms with Gasteiger partial charge in [0.1, 0.15) is 19.3 Å². The maximum Gasteiger partial charge on any atom is 0.472 e. The third-order valence-corrected chi connectivity index (χ3v) is 19.4. The molecule has 0 fully saturated rings. The van der Waals surface area contributed by atoms with Gasteiger partial charge in [0.15, 0.2) is 12.2 Å². The third-order valence-electron chi connectivity index (χ3n) is 17.5. The maximum absolute atomic E-state index is 13.0. The van der Waals surface area contributed by atoms with Crippen LogP contribution in [0.1, 0.15) is 357 Å². The Kier molecular flexibility index (Phi) is 60.6. The Morgan fingerprint density at radius 1 is 0.311 bits per heavy atom. The molecule has 534 valence electrons. The van der Waals surface area contributed by atoms with Crippen LogP contribution in [-0.2, 0) is 65.4 Å². The molecular weight excluding hydrogens is 1190 g/mol. The molecule has 19 heteroatoms. The Hall–Kier alpha value is -1.94. The van der Waals surface area contributed by atoms with Crippen LogP contribution in [0.5, 0.6) is 0 Å². The predicted octanol–water partition coefficient (Wildman–Crippen LogP) is 20.2. The molecule has 3 N–H and O–H groups in total. The van der Waals surface area contributed by atoms with Crippen LogP contribution < -0.4 is 0 Å². The third kappa shape index (κ3) is 61.0. The van der Waals surface area contributed by atoms with Crippen LogP contribution in [0.4, 0.5) is 0 Å². The van der Waals surface area contributed by atoms with Gasteiger partial charge >= 0.3 is 39.5 Å². The van der Waals surface area contributed by atoms with Gasteiger partial charge in [-0.3, -0.25) is 37.3 Å². The SMILES string of the molecule is CCCCCCCCCCCCCCCCCCCCCCC(=O)O[C@H](COC(=O)CCCCCCCCC(C)CC)COP(=O)(O)OC[C@@H](O)COP(=O)(O)OC[C@@H](COC(=O)CCCCCCCCC(C)CC)OC(=O)CCCCCCCCC(C)CC. The van der Waals surface area contributed by atoms with Crippen molar-refractivity contribution in [2.75, 3.05) is 39.6 Å². The van der Waals surface area contributed by atoms with Crippen LogP contribution in [0.2, 0.25) is 0 Å². The first kappa shape index (κ1) is 88.1. The Morgan fingerprint density at radius 3 is 0.789 bits per heavy atom. The molecule has 0 bridgehead atoms. The fourth-order valence-corrected chi connectivity index (χ4v) is 12.2. The number of aliphatic hydroxyl groups is 1. The van der Waals surface area contributed by atoms with E-state index in [0.29, 0.717) is 25.7 Å². The molecule has 0 amide bonds. The van der Waals surface area contributed by atoms with Crippen molar-refractivity contribution in [2.45, 2.75) is 375 Å². The zero-order valence-electron chi connectivity index (χ0n) is 58.6. The molecule has 5 unspecified atom stereocenters. The lowest BCUT2D eigenvalue weighted by molar-refractivity contribution is -0.161. The minimum absolute atomic E-state index is 0.102. The summed E-state index contributed by atoms with van der Waals surface area (Å²) in [4.78, 5) is 72.5. The Morgan fingerprint density at radius 2 is 0.533 bits per heavy atom. The smallest absolute Gasteiger partial charge is 0.462 e. The van der Waals surface area contributed by atoms with E-state index in [9.17, 15) is 43.2 Å². The monoisotopic (exact) mass is 1320 g/mol. The summed E-state index contributed by atoms with van der Waals surface area (Å²) in [6.07, 6.45) is 46.1. The second-order valence-corrected chi connectivity index (χ2v) is 29.3. The zero-order chi connectivity index (χ0) is 66.6. The van der Waals surface area contributed by atoms with Crippen LogP contribution >= 0.6 is 15.6 Å². The Bertz CT molecular complexity index is 1770. The largest absolute Gasteiger partial charge is 0.472 e.